The number of benzene rings is 1. The van der Waals surface area contributed by atoms with Crippen molar-refractivity contribution in [1.82, 2.24) is 10.2 Å². The largest absolute Gasteiger partial charge is 0.311 e. The second-order valence-corrected chi connectivity index (χ2v) is 6.82. The highest BCUT2D eigenvalue weighted by Crippen LogP contribution is 2.31. The standard InChI is InChI=1S/C19H28N2/c1-15(2)18-14-21(17-11-7-4-8-12-17)19(13-20-18)16-9-5-3-6-10-16/h3-7,9-10,15,17-20H,8,11-14H2,1-2H3. The number of piperazine rings is 1. The summed E-state index contributed by atoms with van der Waals surface area (Å²) >= 11 is 0. The summed E-state index contributed by atoms with van der Waals surface area (Å²) in [5.74, 6) is 0.698. The van der Waals surface area contributed by atoms with Gasteiger partial charge in [0.25, 0.3) is 0 Å². The average molecular weight is 284 g/mol. The van der Waals surface area contributed by atoms with Gasteiger partial charge in [-0.15, -0.1) is 0 Å². The van der Waals surface area contributed by atoms with Crippen LogP contribution in [0.4, 0.5) is 0 Å². The SMILES string of the molecule is CC(C)C1CN(C2CC=CCC2)C(c2ccccc2)CN1. The zero-order valence-corrected chi connectivity index (χ0v) is 13.3. The van der Waals surface area contributed by atoms with Crippen LogP contribution in [0.3, 0.4) is 0 Å². The molecule has 0 aromatic heterocycles. The highest BCUT2D eigenvalue weighted by Gasteiger charge is 2.34. The fraction of sp³-hybridized carbons (Fsp3) is 0.579. The second kappa shape index (κ2) is 6.76. The molecule has 1 aromatic carbocycles. The van der Waals surface area contributed by atoms with Crippen LogP contribution in [-0.2, 0) is 0 Å². The van der Waals surface area contributed by atoms with Gasteiger partial charge in [-0.1, -0.05) is 56.3 Å². The topological polar surface area (TPSA) is 15.3 Å². The first-order chi connectivity index (χ1) is 10.3. The molecule has 1 N–H and O–H groups in total. The molecule has 1 aliphatic heterocycles. The molecule has 0 radical (unpaired) electrons. The van der Waals surface area contributed by atoms with Crippen LogP contribution >= 0.6 is 0 Å². The maximum atomic E-state index is 3.78. The first-order valence-electron chi connectivity index (χ1n) is 8.45. The molecule has 114 valence electrons. The second-order valence-electron chi connectivity index (χ2n) is 6.82. The Morgan fingerprint density at radius 2 is 1.95 bits per heavy atom. The molecule has 1 saturated heterocycles. The van der Waals surface area contributed by atoms with E-state index < -0.39 is 0 Å². The van der Waals surface area contributed by atoms with Gasteiger partial charge in [0.05, 0.1) is 0 Å². The summed E-state index contributed by atoms with van der Waals surface area (Å²) in [5.41, 5.74) is 1.46. The van der Waals surface area contributed by atoms with Crippen molar-refractivity contribution in [2.24, 2.45) is 5.92 Å². The van der Waals surface area contributed by atoms with E-state index in [1.54, 1.807) is 0 Å². The molecule has 1 heterocycles. The Kier molecular flexibility index (Phi) is 4.77. The first-order valence-corrected chi connectivity index (χ1v) is 8.45. The third kappa shape index (κ3) is 3.38. The van der Waals surface area contributed by atoms with Gasteiger partial charge < -0.3 is 5.32 Å². The lowest BCUT2D eigenvalue weighted by Gasteiger charge is -2.46. The van der Waals surface area contributed by atoms with Crippen molar-refractivity contribution in [3.8, 4) is 0 Å². The summed E-state index contributed by atoms with van der Waals surface area (Å²) in [7, 11) is 0. The molecule has 1 aromatic rings. The van der Waals surface area contributed by atoms with Crippen LogP contribution < -0.4 is 5.32 Å². The van der Waals surface area contributed by atoms with Crippen LogP contribution in [0.1, 0.15) is 44.7 Å². The molecule has 3 rings (SSSR count). The maximum Gasteiger partial charge on any atom is 0.0476 e. The van der Waals surface area contributed by atoms with Crippen molar-refractivity contribution < 1.29 is 0 Å². The molecule has 2 nitrogen and oxygen atoms in total. The Hall–Kier alpha value is -1.12. The minimum atomic E-state index is 0.526. The van der Waals surface area contributed by atoms with E-state index in [1.807, 2.05) is 0 Å². The van der Waals surface area contributed by atoms with Gasteiger partial charge in [0.2, 0.25) is 0 Å². The molecule has 0 bridgehead atoms. The predicted molar refractivity (Wildman–Crippen MR) is 89.3 cm³/mol. The van der Waals surface area contributed by atoms with Crippen molar-refractivity contribution in [1.29, 1.82) is 0 Å². The molecule has 0 spiro atoms. The van der Waals surface area contributed by atoms with Gasteiger partial charge in [-0.3, -0.25) is 4.90 Å². The highest BCUT2D eigenvalue weighted by molar-refractivity contribution is 5.21. The normalized spacial score (nSPS) is 30.7. The monoisotopic (exact) mass is 284 g/mol. The van der Waals surface area contributed by atoms with Gasteiger partial charge in [0.15, 0.2) is 0 Å². The van der Waals surface area contributed by atoms with Gasteiger partial charge in [-0.2, -0.15) is 0 Å². The molecule has 3 unspecified atom stereocenters. The lowest BCUT2D eigenvalue weighted by atomic mass is 9.91. The summed E-state index contributed by atoms with van der Waals surface area (Å²) in [6.45, 7) is 6.92. The Labute approximate surface area is 129 Å². The van der Waals surface area contributed by atoms with Gasteiger partial charge >= 0.3 is 0 Å². The molecule has 1 fully saturated rings. The van der Waals surface area contributed by atoms with E-state index in [0.717, 1.165) is 6.54 Å². The summed E-state index contributed by atoms with van der Waals surface area (Å²) in [6, 6.07) is 12.9. The molecule has 2 heteroatoms. The van der Waals surface area contributed by atoms with E-state index in [-0.39, 0.29) is 0 Å². The minimum Gasteiger partial charge on any atom is -0.311 e. The van der Waals surface area contributed by atoms with Crippen LogP contribution in [0, 0.1) is 5.92 Å². The predicted octanol–water partition coefficient (Wildman–Crippen LogP) is 3.77. The van der Waals surface area contributed by atoms with Crippen LogP contribution in [0.15, 0.2) is 42.5 Å². The lowest BCUT2D eigenvalue weighted by molar-refractivity contribution is 0.0640. The fourth-order valence-electron chi connectivity index (χ4n) is 3.71. The Morgan fingerprint density at radius 3 is 2.62 bits per heavy atom. The molecule has 2 aliphatic rings. The molecule has 0 amide bonds. The van der Waals surface area contributed by atoms with Gasteiger partial charge in [0.1, 0.15) is 0 Å². The lowest BCUT2D eigenvalue weighted by Crippen LogP contribution is -2.57. The zero-order valence-electron chi connectivity index (χ0n) is 13.3. The third-order valence-corrected chi connectivity index (χ3v) is 5.08. The molecule has 21 heavy (non-hydrogen) atoms. The van der Waals surface area contributed by atoms with Crippen LogP contribution in [-0.4, -0.2) is 30.1 Å². The zero-order chi connectivity index (χ0) is 14.7. The highest BCUT2D eigenvalue weighted by atomic mass is 15.3. The van der Waals surface area contributed by atoms with E-state index in [2.05, 4.69) is 66.5 Å². The molecular formula is C19H28N2. The number of hydrogen-bond acceptors (Lipinski definition) is 2. The first kappa shape index (κ1) is 14.8. The van der Waals surface area contributed by atoms with Crippen molar-refractivity contribution in [3.63, 3.8) is 0 Å². The van der Waals surface area contributed by atoms with E-state index in [0.29, 0.717) is 24.0 Å². The number of hydrogen-bond donors (Lipinski definition) is 1. The Morgan fingerprint density at radius 1 is 1.14 bits per heavy atom. The summed E-state index contributed by atoms with van der Waals surface area (Å²) in [5, 5.41) is 3.78. The number of nitrogens with one attached hydrogen (secondary N) is 1. The fourth-order valence-corrected chi connectivity index (χ4v) is 3.71. The summed E-state index contributed by atoms with van der Waals surface area (Å²) in [4.78, 5) is 2.78. The molecule has 1 aliphatic carbocycles. The smallest absolute Gasteiger partial charge is 0.0476 e. The van der Waals surface area contributed by atoms with Crippen LogP contribution in [0.5, 0.6) is 0 Å². The molecule has 0 saturated carbocycles. The van der Waals surface area contributed by atoms with Gasteiger partial charge in [-0.05, 0) is 30.7 Å². The molecular weight excluding hydrogens is 256 g/mol. The number of nitrogens with zero attached hydrogens (tertiary/aromatic N) is 1. The molecule has 3 atom stereocenters. The summed E-state index contributed by atoms with van der Waals surface area (Å²) < 4.78 is 0. The Bertz CT molecular complexity index is 466. The van der Waals surface area contributed by atoms with E-state index in [1.165, 1.54) is 31.4 Å². The quantitative estimate of drug-likeness (QED) is 0.850. The number of rotatable bonds is 3. The van der Waals surface area contributed by atoms with Crippen molar-refractivity contribution in [2.75, 3.05) is 13.1 Å². The third-order valence-electron chi connectivity index (χ3n) is 5.08. The van der Waals surface area contributed by atoms with Crippen LogP contribution in [0.2, 0.25) is 0 Å². The van der Waals surface area contributed by atoms with Crippen molar-refractivity contribution in [3.05, 3.63) is 48.0 Å². The Balaban J connectivity index is 1.82. The maximum absolute atomic E-state index is 3.78. The van der Waals surface area contributed by atoms with E-state index in [4.69, 9.17) is 0 Å². The van der Waals surface area contributed by atoms with Gasteiger partial charge in [0, 0.05) is 31.2 Å². The van der Waals surface area contributed by atoms with Crippen LogP contribution in [0.25, 0.3) is 0 Å². The van der Waals surface area contributed by atoms with Gasteiger partial charge in [-0.25, -0.2) is 0 Å². The average Bonchev–Trinajstić information content (AvgIpc) is 2.56. The van der Waals surface area contributed by atoms with Crippen molar-refractivity contribution >= 4 is 0 Å². The summed E-state index contributed by atoms with van der Waals surface area (Å²) in [6.07, 6.45) is 8.49. The van der Waals surface area contributed by atoms with E-state index >= 15 is 0 Å². The number of allylic oxidation sites excluding steroid dienone is 1. The van der Waals surface area contributed by atoms with Crippen molar-refractivity contribution in [2.45, 2.75) is 51.2 Å². The minimum absolute atomic E-state index is 0.526. The van der Waals surface area contributed by atoms with E-state index in [9.17, 15) is 0 Å².